The van der Waals surface area contributed by atoms with Gasteiger partial charge in [-0.15, -0.1) is 0 Å². The molecule has 2 aromatic heterocycles. The first-order chi connectivity index (χ1) is 11.2. The minimum atomic E-state index is -0.192. The van der Waals surface area contributed by atoms with Gasteiger partial charge < -0.3 is 19.8 Å². The fraction of sp³-hybridized carbons (Fsp3) is 0.500. The van der Waals surface area contributed by atoms with Gasteiger partial charge in [0.15, 0.2) is 0 Å². The molecule has 1 aliphatic carbocycles. The van der Waals surface area contributed by atoms with Crippen molar-refractivity contribution in [3.05, 3.63) is 35.2 Å². The zero-order valence-electron chi connectivity index (χ0n) is 12.9. The molecule has 1 saturated carbocycles. The third-order valence-corrected chi connectivity index (χ3v) is 3.92. The average molecular weight is 337 g/mol. The number of carbonyl (C=O) groups is 1. The van der Waals surface area contributed by atoms with Crippen molar-refractivity contribution in [2.75, 3.05) is 19.8 Å². The Morgan fingerprint density at radius 2 is 2.22 bits per heavy atom. The second kappa shape index (κ2) is 7.66. The Bertz CT molecular complexity index is 669. The lowest BCUT2D eigenvalue weighted by atomic mass is 10.4. The van der Waals surface area contributed by atoms with Crippen molar-refractivity contribution in [3.8, 4) is 0 Å². The molecule has 1 fully saturated rings. The van der Waals surface area contributed by atoms with E-state index in [2.05, 4.69) is 15.6 Å². The number of aromatic nitrogens is 2. The van der Waals surface area contributed by atoms with Crippen LogP contribution in [0.3, 0.4) is 0 Å². The number of pyridine rings is 1. The van der Waals surface area contributed by atoms with E-state index in [1.54, 1.807) is 12.3 Å². The van der Waals surface area contributed by atoms with Crippen LogP contribution in [0.4, 0.5) is 4.79 Å². The van der Waals surface area contributed by atoms with Crippen molar-refractivity contribution in [2.45, 2.75) is 25.8 Å². The lowest BCUT2D eigenvalue weighted by Gasteiger charge is -2.06. The third-order valence-electron chi connectivity index (χ3n) is 3.70. The highest BCUT2D eigenvalue weighted by atomic mass is 35.5. The first-order valence-electron chi connectivity index (χ1n) is 7.93. The molecule has 0 unspecified atom stereocenters. The van der Waals surface area contributed by atoms with Gasteiger partial charge in [0.05, 0.1) is 17.3 Å². The Morgan fingerprint density at radius 3 is 3.04 bits per heavy atom. The van der Waals surface area contributed by atoms with Gasteiger partial charge in [0.25, 0.3) is 0 Å². The summed E-state index contributed by atoms with van der Waals surface area (Å²) in [5, 5.41) is 6.26. The number of hydrogen-bond donors (Lipinski definition) is 2. The fourth-order valence-corrected chi connectivity index (χ4v) is 2.41. The van der Waals surface area contributed by atoms with Crippen molar-refractivity contribution >= 4 is 23.3 Å². The molecule has 124 valence electrons. The molecule has 2 amide bonds. The molecule has 7 heteroatoms. The molecule has 0 bridgehead atoms. The highest BCUT2D eigenvalue weighted by Crippen LogP contribution is 2.28. The van der Waals surface area contributed by atoms with Gasteiger partial charge >= 0.3 is 6.03 Å². The van der Waals surface area contributed by atoms with E-state index >= 15 is 0 Å². The van der Waals surface area contributed by atoms with Gasteiger partial charge in [-0.1, -0.05) is 11.6 Å². The highest BCUT2D eigenvalue weighted by molar-refractivity contribution is 6.30. The highest BCUT2D eigenvalue weighted by Gasteiger charge is 2.20. The van der Waals surface area contributed by atoms with Crippen LogP contribution < -0.4 is 10.6 Å². The van der Waals surface area contributed by atoms with Crippen LogP contribution in [0, 0.1) is 5.92 Å². The summed E-state index contributed by atoms with van der Waals surface area (Å²) in [6.45, 7) is 2.55. The van der Waals surface area contributed by atoms with Gasteiger partial charge in [0.2, 0.25) is 0 Å². The standard InChI is InChI=1S/C16H21ClN4O2/c17-13-4-5-15-20-14(10-21(15)9-13)8-19-16(22)18-6-1-7-23-11-12-2-3-12/h4-5,9-10,12H,1-3,6-8,11H2,(H2,18,19,22). The van der Waals surface area contributed by atoms with Gasteiger partial charge in [-0.25, -0.2) is 9.78 Å². The number of nitrogens with one attached hydrogen (secondary N) is 2. The van der Waals surface area contributed by atoms with E-state index in [0.717, 1.165) is 30.3 Å². The van der Waals surface area contributed by atoms with E-state index in [1.165, 1.54) is 12.8 Å². The normalized spacial score (nSPS) is 14.1. The van der Waals surface area contributed by atoms with Crippen LogP contribution in [-0.2, 0) is 11.3 Å². The number of fused-ring (bicyclic) bond motifs is 1. The van der Waals surface area contributed by atoms with Crippen LogP contribution in [0.2, 0.25) is 5.02 Å². The first-order valence-corrected chi connectivity index (χ1v) is 8.31. The summed E-state index contributed by atoms with van der Waals surface area (Å²) in [7, 11) is 0. The third kappa shape index (κ3) is 5.11. The first kappa shape index (κ1) is 16.1. The molecule has 0 radical (unpaired) electrons. The van der Waals surface area contributed by atoms with Crippen LogP contribution in [-0.4, -0.2) is 35.2 Å². The number of rotatable bonds is 8. The topological polar surface area (TPSA) is 67.7 Å². The van der Waals surface area contributed by atoms with E-state index in [4.69, 9.17) is 16.3 Å². The van der Waals surface area contributed by atoms with Crippen molar-refractivity contribution in [1.82, 2.24) is 20.0 Å². The minimum Gasteiger partial charge on any atom is -0.381 e. The zero-order chi connectivity index (χ0) is 16.1. The van der Waals surface area contributed by atoms with Crippen LogP contribution in [0.25, 0.3) is 5.65 Å². The average Bonchev–Trinajstić information content (AvgIpc) is 3.27. The number of ether oxygens (including phenoxy) is 1. The monoisotopic (exact) mass is 336 g/mol. The predicted octanol–water partition coefficient (Wildman–Crippen LogP) is 2.60. The Kier molecular flexibility index (Phi) is 5.35. The number of urea groups is 1. The van der Waals surface area contributed by atoms with Gasteiger partial charge in [-0.2, -0.15) is 0 Å². The number of nitrogens with zero attached hydrogens (tertiary/aromatic N) is 2. The quantitative estimate of drug-likeness (QED) is 0.728. The van der Waals surface area contributed by atoms with Crippen molar-refractivity contribution in [3.63, 3.8) is 0 Å². The van der Waals surface area contributed by atoms with E-state index in [1.807, 2.05) is 16.7 Å². The summed E-state index contributed by atoms with van der Waals surface area (Å²) < 4.78 is 7.36. The number of carbonyl (C=O) groups excluding carboxylic acids is 1. The predicted molar refractivity (Wildman–Crippen MR) is 88.6 cm³/mol. The maximum Gasteiger partial charge on any atom is 0.315 e. The number of halogens is 1. The second-order valence-electron chi connectivity index (χ2n) is 5.83. The molecule has 0 aliphatic heterocycles. The SMILES string of the molecule is O=C(NCCCOCC1CC1)NCc1cn2cc(Cl)ccc2n1. The maximum absolute atomic E-state index is 11.7. The molecule has 3 rings (SSSR count). The van der Waals surface area contributed by atoms with Gasteiger partial charge in [0.1, 0.15) is 5.65 Å². The summed E-state index contributed by atoms with van der Waals surface area (Å²) in [5.41, 5.74) is 1.59. The summed E-state index contributed by atoms with van der Waals surface area (Å²) in [6.07, 6.45) is 7.07. The molecule has 2 aromatic rings. The molecule has 0 atom stereocenters. The van der Waals surface area contributed by atoms with Crippen molar-refractivity contribution in [1.29, 1.82) is 0 Å². The molecular formula is C16H21ClN4O2. The van der Waals surface area contributed by atoms with Crippen LogP contribution >= 0.6 is 11.6 Å². The summed E-state index contributed by atoms with van der Waals surface area (Å²) in [6, 6.07) is 3.44. The number of imidazole rings is 1. The van der Waals surface area contributed by atoms with Crippen molar-refractivity contribution in [2.24, 2.45) is 5.92 Å². The Morgan fingerprint density at radius 1 is 1.35 bits per heavy atom. The van der Waals surface area contributed by atoms with Crippen LogP contribution in [0.5, 0.6) is 0 Å². The molecule has 6 nitrogen and oxygen atoms in total. The van der Waals surface area contributed by atoms with E-state index in [0.29, 0.717) is 24.7 Å². The van der Waals surface area contributed by atoms with Crippen LogP contribution in [0.1, 0.15) is 25.0 Å². The molecule has 1 aliphatic rings. The molecule has 2 heterocycles. The molecule has 0 aromatic carbocycles. The second-order valence-corrected chi connectivity index (χ2v) is 6.26. The van der Waals surface area contributed by atoms with E-state index < -0.39 is 0 Å². The number of amides is 2. The van der Waals surface area contributed by atoms with Crippen molar-refractivity contribution < 1.29 is 9.53 Å². The van der Waals surface area contributed by atoms with E-state index in [-0.39, 0.29) is 6.03 Å². The molecule has 0 spiro atoms. The smallest absolute Gasteiger partial charge is 0.315 e. The summed E-state index contributed by atoms with van der Waals surface area (Å²) >= 11 is 5.93. The minimum absolute atomic E-state index is 0.192. The molecule has 2 N–H and O–H groups in total. The van der Waals surface area contributed by atoms with E-state index in [9.17, 15) is 4.79 Å². The fourth-order valence-electron chi connectivity index (χ4n) is 2.25. The summed E-state index contributed by atoms with van der Waals surface area (Å²) in [5.74, 6) is 0.784. The molecular weight excluding hydrogens is 316 g/mol. The van der Waals surface area contributed by atoms with Gasteiger partial charge in [-0.3, -0.25) is 0 Å². The largest absolute Gasteiger partial charge is 0.381 e. The molecule has 0 saturated heterocycles. The van der Waals surface area contributed by atoms with Crippen LogP contribution in [0.15, 0.2) is 24.5 Å². The van der Waals surface area contributed by atoms with Gasteiger partial charge in [0, 0.05) is 32.2 Å². The summed E-state index contributed by atoms with van der Waals surface area (Å²) in [4.78, 5) is 16.1. The number of hydrogen-bond acceptors (Lipinski definition) is 3. The Balaban J connectivity index is 1.32. The maximum atomic E-state index is 11.7. The lowest BCUT2D eigenvalue weighted by Crippen LogP contribution is -2.36. The molecule has 23 heavy (non-hydrogen) atoms. The Labute approximate surface area is 140 Å². The zero-order valence-corrected chi connectivity index (χ0v) is 13.7. The Hall–Kier alpha value is -1.79. The lowest BCUT2D eigenvalue weighted by molar-refractivity contribution is 0.122. The van der Waals surface area contributed by atoms with Gasteiger partial charge in [-0.05, 0) is 37.3 Å².